The van der Waals surface area contributed by atoms with Crippen molar-refractivity contribution in [2.24, 2.45) is 5.92 Å². The van der Waals surface area contributed by atoms with E-state index in [9.17, 15) is 13.6 Å². The molecule has 9 heteroatoms. The Hall–Kier alpha value is -3.88. The summed E-state index contributed by atoms with van der Waals surface area (Å²) in [4.78, 5) is 27.1. The summed E-state index contributed by atoms with van der Waals surface area (Å²) < 4.78 is 33.6. The largest absolute Gasteiger partial charge is 0.481 e. The highest BCUT2D eigenvalue weighted by molar-refractivity contribution is 5.80. The van der Waals surface area contributed by atoms with Gasteiger partial charge in [-0.1, -0.05) is 0 Å². The van der Waals surface area contributed by atoms with Gasteiger partial charge in [0.15, 0.2) is 11.6 Å². The van der Waals surface area contributed by atoms with Crippen molar-refractivity contribution in [1.29, 1.82) is 0 Å². The highest BCUT2D eigenvalue weighted by atomic mass is 19.2. The highest BCUT2D eigenvalue weighted by Crippen LogP contribution is 2.31. The first-order valence-corrected chi connectivity index (χ1v) is 11.5. The Balaban J connectivity index is 1.27. The standard InChI is InChI=1S/C26H24F2N4O3/c1-14-10-17(13-30-26(14)35-18-5-2-15(3-6-18)11-22(33)34)20-8-4-16(12-29-20)25-31-21-9-7-19(27)23(28)24(21)32-25/h4,7-10,12-13,15,18H,2-3,5-6,11H2,1H3,(H,31,32)(H,33,34). The molecule has 0 radical (unpaired) electrons. The second-order valence-electron chi connectivity index (χ2n) is 8.98. The van der Waals surface area contributed by atoms with Gasteiger partial charge in [-0.05, 0) is 68.9 Å². The van der Waals surface area contributed by atoms with Crippen molar-refractivity contribution in [3.63, 3.8) is 0 Å². The molecule has 0 unspecified atom stereocenters. The Bertz CT molecular complexity index is 1380. The second kappa shape index (κ2) is 9.40. The van der Waals surface area contributed by atoms with Crippen LogP contribution in [0.25, 0.3) is 33.7 Å². The smallest absolute Gasteiger partial charge is 0.303 e. The average Bonchev–Trinajstić information content (AvgIpc) is 3.29. The lowest BCUT2D eigenvalue weighted by molar-refractivity contribution is -0.138. The number of nitrogens with zero attached hydrogens (tertiary/aromatic N) is 3. The number of aromatic nitrogens is 4. The third kappa shape index (κ3) is 4.84. The van der Waals surface area contributed by atoms with E-state index in [1.54, 1.807) is 12.4 Å². The Morgan fingerprint density at radius 1 is 1.09 bits per heavy atom. The number of rotatable bonds is 6. The molecule has 1 fully saturated rings. The van der Waals surface area contributed by atoms with Crippen LogP contribution in [-0.4, -0.2) is 37.1 Å². The first kappa shape index (κ1) is 22.9. The molecule has 1 aliphatic rings. The number of H-pyrrole nitrogens is 1. The molecule has 2 N–H and O–H groups in total. The van der Waals surface area contributed by atoms with Gasteiger partial charge in [-0.2, -0.15) is 0 Å². The molecule has 5 rings (SSSR count). The number of aromatic amines is 1. The first-order chi connectivity index (χ1) is 16.9. The van der Waals surface area contributed by atoms with Gasteiger partial charge in [0.25, 0.3) is 0 Å². The van der Waals surface area contributed by atoms with Gasteiger partial charge < -0.3 is 14.8 Å². The fraction of sp³-hybridized carbons (Fsp3) is 0.308. The summed E-state index contributed by atoms with van der Waals surface area (Å²) in [6, 6.07) is 8.10. The van der Waals surface area contributed by atoms with E-state index in [0.29, 0.717) is 28.5 Å². The SMILES string of the molecule is Cc1cc(-c2ccc(-c3nc4c(F)c(F)ccc4[nH]3)cn2)cnc1OC1CCC(CC(=O)O)CC1. The average molecular weight is 478 g/mol. The Morgan fingerprint density at radius 3 is 2.54 bits per heavy atom. The molecule has 1 aliphatic carbocycles. The third-order valence-electron chi connectivity index (χ3n) is 6.44. The van der Waals surface area contributed by atoms with Crippen molar-refractivity contribution in [3.8, 4) is 28.5 Å². The van der Waals surface area contributed by atoms with Gasteiger partial charge in [0.05, 0.1) is 11.2 Å². The molecule has 1 saturated carbocycles. The Labute approximate surface area is 200 Å². The predicted molar refractivity (Wildman–Crippen MR) is 126 cm³/mol. The number of hydrogen-bond donors (Lipinski definition) is 2. The van der Waals surface area contributed by atoms with Gasteiger partial charge in [-0.15, -0.1) is 0 Å². The molecule has 0 saturated heterocycles. The summed E-state index contributed by atoms with van der Waals surface area (Å²) in [7, 11) is 0. The van der Waals surface area contributed by atoms with E-state index in [0.717, 1.165) is 42.9 Å². The highest BCUT2D eigenvalue weighted by Gasteiger charge is 2.25. The van der Waals surface area contributed by atoms with Crippen molar-refractivity contribution in [2.75, 3.05) is 0 Å². The molecule has 3 heterocycles. The normalized spacial score (nSPS) is 18.0. The van der Waals surface area contributed by atoms with Crippen LogP contribution < -0.4 is 4.74 Å². The maximum Gasteiger partial charge on any atom is 0.303 e. The van der Waals surface area contributed by atoms with Crippen molar-refractivity contribution >= 4 is 17.0 Å². The number of ether oxygens (including phenoxy) is 1. The number of nitrogens with one attached hydrogen (secondary N) is 1. The number of carbonyl (C=O) groups is 1. The summed E-state index contributed by atoms with van der Waals surface area (Å²) in [5.41, 5.74) is 3.43. The Kier molecular flexibility index (Phi) is 6.15. The van der Waals surface area contributed by atoms with Crippen LogP contribution in [0.5, 0.6) is 5.88 Å². The van der Waals surface area contributed by atoms with E-state index in [-0.39, 0.29) is 24.0 Å². The predicted octanol–water partition coefficient (Wildman–Crippen LogP) is 5.69. The maximum atomic E-state index is 14.0. The topological polar surface area (TPSA) is 101 Å². The fourth-order valence-corrected chi connectivity index (χ4v) is 4.54. The van der Waals surface area contributed by atoms with Crippen molar-refractivity contribution < 1.29 is 23.4 Å². The zero-order chi connectivity index (χ0) is 24.5. The fourth-order valence-electron chi connectivity index (χ4n) is 4.54. The number of imidazole rings is 1. The van der Waals surface area contributed by atoms with E-state index in [4.69, 9.17) is 9.84 Å². The van der Waals surface area contributed by atoms with E-state index in [1.807, 2.05) is 25.1 Å². The molecular weight excluding hydrogens is 454 g/mol. The molecule has 0 aliphatic heterocycles. The number of pyridine rings is 2. The first-order valence-electron chi connectivity index (χ1n) is 11.5. The number of benzene rings is 1. The van der Waals surface area contributed by atoms with Gasteiger partial charge in [0, 0.05) is 35.5 Å². The monoisotopic (exact) mass is 478 g/mol. The van der Waals surface area contributed by atoms with Crippen molar-refractivity contribution in [1.82, 2.24) is 19.9 Å². The van der Waals surface area contributed by atoms with Gasteiger partial charge in [0.1, 0.15) is 17.4 Å². The molecule has 1 aromatic carbocycles. The number of aliphatic carboxylic acids is 1. The number of halogens is 2. The quantitative estimate of drug-likeness (QED) is 0.369. The molecule has 0 spiro atoms. The lowest BCUT2D eigenvalue weighted by Crippen LogP contribution is -2.25. The zero-order valence-corrected chi connectivity index (χ0v) is 19.1. The summed E-state index contributed by atoms with van der Waals surface area (Å²) in [6.45, 7) is 1.93. The minimum atomic E-state index is -0.980. The van der Waals surface area contributed by atoms with Gasteiger partial charge in [-0.3, -0.25) is 9.78 Å². The summed E-state index contributed by atoms with van der Waals surface area (Å²) in [6.07, 6.45) is 6.92. The molecule has 35 heavy (non-hydrogen) atoms. The van der Waals surface area contributed by atoms with Crippen LogP contribution >= 0.6 is 0 Å². The summed E-state index contributed by atoms with van der Waals surface area (Å²) in [5.74, 6) is -1.47. The van der Waals surface area contributed by atoms with Gasteiger partial charge in [-0.25, -0.2) is 18.7 Å². The van der Waals surface area contributed by atoms with E-state index in [1.165, 1.54) is 6.07 Å². The Morgan fingerprint density at radius 2 is 1.86 bits per heavy atom. The molecule has 0 atom stereocenters. The molecular formula is C26H24F2N4O3. The summed E-state index contributed by atoms with van der Waals surface area (Å²) >= 11 is 0. The number of carboxylic acids is 1. The lowest BCUT2D eigenvalue weighted by Gasteiger charge is -2.28. The van der Waals surface area contributed by atoms with Crippen LogP contribution in [0.1, 0.15) is 37.7 Å². The van der Waals surface area contributed by atoms with Crippen LogP contribution in [0.15, 0.2) is 42.7 Å². The lowest BCUT2D eigenvalue weighted by atomic mass is 9.85. The molecule has 180 valence electrons. The van der Waals surface area contributed by atoms with Crippen molar-refractivity contribution in [3.05, 3.63) is 59.9 Å². The van der Waals surface area contributed by atoms with Gasteiger partial charge >= 0.3 is 5.97 Å². The maximum absolute atomic E-state index is 14.0. The molecule has 4 aromatic rings. The van der Waals surface area contributed by atoms with Crippen LogP contribution in [0.2, 0.25) is 0 Å². The second-order valence-corrected chi connectivity index (χ2v) is 8.98. The number of hydrogen-bond acceptors (Lipinski definition) is 5. The van der Waals surface area contributed by atoms with Crippen LogP contribution in [-0.2, 0) is 4.79 Å². The minimum absolute atomic E-state index is 0.0385. The van der Waals surface area contributed by atoms with Crippen LogP contribution in [0.3, 0.4) is 0 Å². The molecule has 0 bridgehead atoms. The zero-order valence-electron chi connectivity index (χ0n) is 19.1. The molecule has 3 aromatic heterocycles. The van der Waals surface area contributed by atoms with Crippen molar-refractivity contribution in [2.45, 2.75) is 45.1 Å². The molecule has 7 nitrogen and oxygen atoms in total. The van der Waals surface area contributed by atoms with E-state index < -0.39 is 17.6 Å². The third-order valence-corrected chi connectivity index (χ3v) is 6.44. The molecule has 0 amide bonds. The number of fused-ring (bicyclic) bond motifs is 1. The van der Waals surface area contributed by atoms with E-state index >= 15 is 0 Å². The summed E-state index contributed by atoms with van der Waals surface area (Å²) in [5, 5.41) is 8.97. The van der Waals surface area contributed by atoms with Crippen LogP contribution in [0, 0.1) is 24.5 Å². The van der Waals surface area contributed by atoms with Gasteiger partial charge in [0.2, 0.25) is 5.88 Å². The minimum Gasteiger partial charge on any atom is -0.481 e. The van der Waals surface area contributed by atoms with E-state index in [2.05, 4.69) is 19.9 Å². The van der Waals surface area contributed by atoms with Crippen LogP contribution in [0.4, 0.5) is 8.78 Å². The number of aryl methyl sites for hydroxylation is 1. The number of carboxylic acid groups (broad SMARTS) is 1.